The lowest BCUT2D eigenvalue weighted by atomic mass is 9.81. The largest absolute Gasteiger partial charge is 0.417 e. The number of aliphatic hydroxyl groups is 1. The molecule has 1 saturated heterocycles. The van der Waals surface area contributed by atoms with Gasteiger partial charge in [-0.05, 0) is 55.7 Å². The highest BCUT2D eigenvalue weighted by Crippen LogP contribution is 2.34. The maximum absolute atomic E-state index is 13.3. The number of hydrogen-bond acceptors (Lipinski definition) is 4. The quantitative estimate of drug-likeness (QED) is 0.704. The number of nitrogens with zero attached hydrogens (tertiary/aromatic N) is 1. The summed E-state index contributed by atoms with van der Waals surface area (Å²) in [5.41, 5.74) is -2.51. The van der Waals surface area contributed by atoms with Gasteiger partial charge in [-0.25, -0.2) is 0 Å². The van der Waals surface area contributed by atoms with Gasteiger partial charge in [0.25, 0.3) is 5.91 Å². The van der Waals surface area contributed by atoms with E-state index in [0.29, 0.717) is 37.7 Å². The molecule has 1 aliphatic rings. The third-order valence-electron chi connectivity index (χ3n) is 5.28. The zero-order chi connectivity index (χ0) is 23.4. The first-order valence-corrected chi connectivity index (χ1v) is 9.96. The number of halogens is 3. The molecule has 0 saturated carbocycles. The average Bonchev–Trinajstić information content (AvgIpc) is 2.77. The molecule has 5 nitrogen and oxygen atoms in total. The van der Waals surface area contributed by atoms with Gasteiger partial charge in [0.1, 0.15) is 0 Å². The highest BCUT2D eigenvalue weighted by atomic mass is 19.4. The summed E-state index contributed by atoms with van der Waals surface area (Å²) in [6.45, 7) is 2.55. The van der Waals surface area contributed by atoms with Gasteiger partial charge in [0.2, 0.25) is 5.60 Å². The Labute approximate surface area is 183 Å². The van der Waals surface area contributed by atoms with Crippen molar-refractivity contribution in [2.24, 2.45) is 5.92 Å². The Balaban J connectivity index is 1.95. The van der Waals surface area contributed by atoms with E-state index in [4.69, 9.17) is 10.00 Å². The van der Waals surface area contributed by atoms with Crippen LogP contribution in [-0.4, -0.2) is 29.8 Å². The Kier molecular flexibility index (Phi) is 6.88. The van der Waals surface area contributed by atoms with Crippen molar-refractivity contribution in [3.8, 4) is 17.9 Å². The van der Waals surface area contributed by atoms with Crippen LogP contribution in [0.1, 0.15) is 35.1 Å². The number of ether oxygens (including phenoxy) is 1. The summed E-state index contributed by atoms with van der Waals surface area (Å²) in [5, 5.41) is 22.6. The third-order valence-corrected chi connectivity index (χ3v) is 5.28. The molecule has 1 atom stereocenters. The van der Waals surface area contributed by atoms with Gasteiger partial charge in [0.15, 0.2) is 0 Å². The molecule has 0 spiro atoms. The van der Waals surface area contributed by atoms with Crippen LogP contribution >= 0.6 is 0 Å². The van der Waals surface area contributed by atoms with Gasteiger partial charge >= 0.3 is 6.18 Å². The van der Waals surface area contributed by atoms with Crippen molar-refractivity contribution in [3.05, 3.63) is 64.7 Å². The normalized spacial score (nSPS) is 16.2. The highest BCUT2D eigenvalue weighted by Gasteiger charge is 2.43. The first-order chi connectivity index (χ1) is 15.1. The summed E-state index contributed by atoms with van der Waals surface area (Å²) in [6.07, 6.45) is -4.03. The molecule has 1 fully saturated rings. The topological polar surface area (TPSA) is 82.4 Å². The van der Waals surface area contributed by atoms with E-state index in [-0.39, 0.29) is 5.69 Å². The van der Waals surface area contributed by atoms with Crippen molar-refractivity contribution in [3.63, 3.8) is 0 Å². The second kappa shape index (κ2) is 9.44. The zero-order valence-corrected chi connectivity index (χ0v) is 17.3. The third kappa shape index (κ3) is 5.28. The molecule has 1 amide bonds. The second-order valence-corrected chi connectivity index (χ2v) is 7.60. The monoisotopic (exact) mass is 442 g/mol. The fourth-order valence-corrected chi connectivity index (χ4v) is 3.53. The molecule has 1 heterocycles. The Morgan fingerprint density at radius 1 is 1.19 bits per heavy atom. The van der Waals surface area contributed by atoms with Crippen molar-refractivity contribution in [1.29, 1.82) is 5.26 Å². The van der Waals surface area contributed by atoms with Crippen LogP contribution < -0.4 is 5.32 Å². The van der Waals surface area contributed by atoms with Crippen LogP contribution in [0, 0.1) is 36.0 Å². The van der Waals surface area contributed by atoms with E-state index in [9.17, 15) is 23.1 Å². The van der Waals surface area contributed by atoms with Gasteiger partial charge < -0.3 is 15.2 Å². The number of rotatable bonds is 3. The molecule has 1 aliphatic heterocycles. The number of alkyl halides is 3. The number of aryl methyl sites for hydroxylation is 1. The summed E-state index contributed by atoms with van der Waals surface area (Å²) in [4.78, 5) is 13.1. The number of nitrogens with one attached hydrogen (secondary N) is 1. The van der Waals surface area contributed by atoms with E-state index in [1.807, 2.05) is 13.0 Å². The minimum atomic E-state index is -4.77. The molecule has 3 rings (SSSR count). The molecule has 0 radical (unpaired) electrons. The van der Waals surface area contributed by atoms with E-state index >= 15 is 0 Å². The summed E-state index contributed by atoms with van der Waals surface area (Å²) < 4.78 is 45.1. The number of hydrogen-bond donors (Lipinski definition) is 2. The number of carbonyl (C=O) groups is 1. The van der Waals surface area contributed by atoms with Gasteiger partial charge in [0.05, 0.1) is 17.2 Å². The lowest BCUT2D eigenvalue weighted by molar-refractivity contribution is -0.138. The summed E-state index contributed by atoms with van der Waals surface area (Å²) >= 11 is 0. The number of anilines is 1. The molecule has 2 N–H and O–H groups in total. The fourth-order valence-electron chi connectivity index (χ4n) is 3.53. The molecular weight excluding hydrogens is 421 g/mol. The molecule has 0 aliphatic carbocycles. The van der Waals surface area contributed by atoms with Crippen molar-refractivity contribution in [1.82, 2.24) is 0 Å². The molecule has 32 heavy (non-hydrogen) atoms. The number of benzene rings is 2. The van der Waals surface area contributed by atoms with E-state index < -0.39 is 34.7 Å². The minimum absolute atomic E-state index is 0.191. The molecule has 0 bridgehead atoms. The summed E-state index contributed by atoms with van der Waals surface area (Å²) in [7, 11) is 0. The van der Waals surface area contributed by atoms with Gasteiger partial charge in [-0.3, -0.25) is 4.79 Å². The van der Waals surface area contributed by atoms with Crippen LogP contribution in [0.25, 0.3) is 0 Å². The van der Waals surface area contributed by atoms with Crippen molar-refractivity contribution in [2.45, 2.75) is 31.5 Å². The first kappa shape index (κ1) is 23.3. The van der Waals surface area contributed by atoms with Crippen LogP contribution in [0.5, 0.6) is 0 Å². The molecule has 1 unspecified atom stereocenters. The maximum atomic E-state index is 13.3. The van der Waals surface area contributed by atoms with Crippen LogP contribution in [0.2, 0.25) is 0 Å². The predicted octanol–water partition coefficient (Wildman–Crippen LogP) is 4.03. The smallest absolute Gasteiger partial charge is 0.381 e. The standard InChI is InChI=1S/C24H21F3N2O3/c1-16-3-2-4-17(13-16)7-10-23(31,19-8-11-32-12-9-19)22(30)29-20-6-5-18(15-28)21(14-20)24(25,26)27/h2-6,13-14,19,31H,8-9,11-12H2,1H3,(H,29,30). The molecule has 2 aromatic rings. The lowest BCUT2D eigenvalue weighted by Crippen LogP contribution is -2.50. The van der Waals surface area contributed by atoms with E-state index in [1.54, 1.807) is 18.2 Å². The minimum Gasteiger partial charge on any atom is -0.381 e. The van der Waals surface area contributed by atoms with Gasteiger partial charge in [0, 0.05) is 30.4 Å². The second-order valence-electron chi connectivity index (χ2n) is 7.60. The molecular formula is C24H21F3N2O3. The van der Waals surface area contributed by atoms with Crippen molar-refractivity contribution in [2.75, 3.05) is 18.5 Å². The Bertz CT molecular complexity index is 1110. The van der Waals surface area contributed by atoms with Crippen LogP contribution in [0.15, 0.2) is 42.5 Å². The van der Waals surface area contributed by atoms with Crippen molar-refractivity contribution < 1.29 is 27.8 Å². The lowest BCUT2D eigenvalue weighted by Gasteiger charge is -2.33. The number of nitriles is 1. The van der Waals surface area contributed by atoms with E-state index in [1.165, 1.54) is 12.1 Å². The van der Waals surface area contributed by atoms with Crippen LogP contribution in [-0.2, 0) is 15.7 Å². The van der Waals surface area contributed by atoms with Crippen molar-refractivity contribution >= 4 is 11.6 Å². The SMILES string of the molecule is Cc1cccc(C#CC(O)(C(=O)Nc2ccc(C#N)c(C(F)(F)F)c2)C2CCOCC2)c1. The van der Waals surface area contributed by atoms with E-state index in [0.717, 1.165) is 11.6 Å². The highest BCUT2D eigenvalue weighted by molar-refractivity contribution is 6.00. The number of carbonyl (C=O) groups excluding carboxylic acids is 1. The molecule has 8 heteroatoms. The van der Waals surface area contributed by atoms with E-state index in [2.05, 4.69) is 17.2 Å². The predicted molar refractivity (Wildman–Crippen MR) is 111 cm³/mol. The Morgan fingerprint density at radius 3 is 2.53 bits per heavy atom. The van der Waals surface area contributed by atoms with Crippen LogP contribution in [0.3, 0.4) is 0 Å². The summed E-state index contributed by atoms with van der Waals surface area (Å²) in [5.74, 6) is 3.99. The number of amides is 1. The molecule has 0 aromatic heterocycles. The van der Waals surface area contributed by atoms with Gasteiger partial charge in [-0.15, -0.1) is 0 Å². The molecule has 2 aromatic carbocycles. The van der Waals surface area contributed by atoms with Gasteiger partial charge in [-0.2, -0.15) is 18.4 Å². The fraction of sp³-hybridized carbons (Fsp3) is 0.333. The summed E-state index contributed by atoms with van der Waals surface area (Å²) in [6, 6.07) is 11.5. The average molecular weight is 442 g/mol. The Morgan fingerprint density at radius 2 is 1.91 bits per heavy atom. The Hall–Kier alpha value is -3.33. The van der Waals surface area contributed by atoms with Gasteiger partial charge in [-0.1, -0.05) is 24.0 Å². The maximum Gasteiger partial charge on any atom is 0.417 e. The first-order valence-electron chi connectivity index (χ1n) is 9.96. The zero-order valence-electron chi connectivity index (χ0n) is 17.3. The molecule has 166 valence electrons. The van der Waals surface area contributed by atoms with Crippen LogP contribution in [0.4, 0.5) is 18.9 Å².